The van der Waals surface area contributed by atoms with Gasteiger partial charge in [0, 0.05) is 55.7 Å². The number of pyridine rings is 1. The highest BCUT2D eigenvalue weighted by Crippen LogP contribution is 2.34. The maximum absolute atomic E-state index is 12.6. The number of carbonyl (C=O) groups is 1. The molecule has 42 heavy (non-hydrogen) atoms. The lowest BCUT2D eigenvalue weighted by molar-refractivity contribution is 0.0945. The quantitative estimate of drug-likeness (QED) is 0.313. The van der Waals surface area contributed by atoms with Gasteiger partial charge in [-0.15, -0.1) is 0 Å². The van der Waals surface area contributed by atoms with Gasteiger partial charge in [0.1, 0.15) is 17.5 Å². The first kappa shape index (κ1) is 25.9. The van der Waals surface area contributed by atoms with Crippen molar-refractivity contribution in [2.24, 2.45) is 0 Å². The molecule has 2 aliphatic rings. The summed E-state index contributed by atoms with van der Waals surface area (Å²) in [6, 6.07) is 25.2. The summed E-state index contributed by atoms with van der Waals surface area (Å²) in [4.78, 5) is 28.4. The second-order valence-electron chi connectivity index (χ2n) is 10.9. The molecule has 1 fully saturated rings. The predicted molar refractivity (Wildman–Crippen MR) is 161 cm³/mol. The van der Waals surface area contributed by atoms with Gasteiger partial charge in [0.05, 0.1) is 17.0 Å². The number of hydrogen-bond acceptors (Lipinski definition) is 7. The molecule has 0 unspecified atom stereocenters. The number of amides is 1. The number of piperidine rings is 1. The van der Waals surface area contributed by atoms with Crippen LogP contribution in [0.2, 0.25) is 0 Å². The fourth-order valence-electron chi connectivity index (χ4n) is 5.98. The van der Waals surface area contributed by atoms with E-state index in [2.05, 4.69) is 72.4 Å². The lowest BCUT2D eigenvalue weighted by atomic mass is 10.0. The lowest BCUT2D eigenvalue weighted by Crippen LogP contribution is -2.38. The minimum absolute atomic E-state index is 0.0289. The van der Waals surface area contributed by atoms with Gasteiger partial charge < -0.3 is 10.6 Å². The molecule has 9 heteroatoms. The van der Waals surface area contributed by atoms with Crippen LogP contribution in [-0.4, -0.2) is 55.8 Å². The third-order valence-electron chi connectivity index (χ3n) is 8.15. The first-order valence-corrected chi connectivity index (χ1v) is 14.3. The first-order chi connectivity index (χ1) is 20.6. The Kier molecular flexibility index (Phi) is 6.82. The van der Waals surface area contributed by atoms with Crippen LogP contribution in [-0.2, 0) is 13.0 Å². The van der Waals surface area contributed by atoms with Gasteiger partial charge in [-0.25, -0.2) is 15.0 Å². The summed E-state index contributed by atoms with van der Waals surface area (Å²) in [6.07, 6.45) is 6.39. The zero-order valence-electron chi connectivity index (χ0n) is 23.1. The van der Waals surface area contributed by atoms with Crippen LogP contribution in [0.1, 0.15) is 40.2 Å². The Morgan fingerprint density at radius 1 is 1.00 bits per heavy atom. The number of nitrogens with zero attached hydrogens (tertiary/aromatic N) is 6. The highest BCUT2D eigenvalue weighted by atomic mass is 16.1. The highest BCUT2D eigenvalue weighted by molar-refractivity contribution is 5.97. The van der Waals surface area contributed by atoms with E-state index in [1.54, 1.807) is 6.20 Å². The number of nitriles is 1. The van der Waals surface area contributed by atoms with E-state index in [0.717, 1.165) is 72.6 Å². The molecule has 0 radical (unpaired) electrons. The largest absolute Gasteiger partial charge is 0.367 e. The zero-order valence-corrected chi connectivity index (χ0v) is 23.1. The molecule has 5 aromatic rings. The average molecular weight is 555 g/mol. The zero-order chi connectivity index (χ0) is 28.5. The fourth-order valence-corrected chi connectivity index (χ4v) is 5.98. The van der Waals surface area contributed by atoms with Crippen LogP contribution in [0.15, 0.2) is 79.1 Å². The summed E-state index contributed by atoms with van der Waals surface area (Å²) in [6.45, 7) is 3.51. The Bertz CT molecular complexity index is 1800. The first-order valence-electron chi connectivity index (χ1n) is 14.3. The Labute approximate surface area is 243 Å². The van der Waals surface area contributed by atoms with Gasteiger partial charge in [-0.2, -0.15) is 5.26 Å². The highest BCUT2D eigenvalue weighted by Gasteiger charge is 2.23. The van der Waals surface area contributed by atoms with Crippen LogP contribution in [0.5, 0.6) is 0 Å². The van der Waals surface area contributed by atoms with Crippen LogP contribution >= 0.6 is 0 Å². The maximum Gasteiger partial charge on any atom is 0.253 e. The summed E-state index contributed by atoms with van der Waals surface area (Å²) in [5.74, 6) is 0.867. The van der Waals surface area contributed by atoms with E-state index in [0.29, 0.717) is 24.0 Å². The van der Waals surface area contributed by atoms with Crippen molar-refractivity contribution in [1.82, 2.24) is 29.6 Å². The molecule has 0 atom stereocenters. The number of carbonyl (C=O) groups excluding carboxylic acids is 1. The summed E-state index contributed by atoms with van der Waals surface area (Å²) in [5.41, 5.74) is 7.87. The second kappa shape index (κ2) is 11.1. The monoisotopic (exact) mass is 554 g/mol. The van der Waals surface area contributed by atoms with Crippen LogP contribution in [0.25, 0.3) is 28.2 Å². The summed E-state index contributed by atoms with van der Waals surface area (Å²) in [7, 11) is 0. The molecule has 1 saturated heterocycles. The van der Waals surface area contributed by atoms with E-state index >= 15 is 0 Å². The number of anilines is 1. The van der Waals surface area contributed by atoms with Crippen molar-refractivity contribution in [1.29, 1.82) is 5.26 Å². The van der Waals surface area contributed by atoms with Crippen molar-refractivity contribution in [3.05, 3.63) is 102 Å². The molecular weight excluding hydrogens is 524 g/mol. The van der Waals surface area contributed by atoms with E-state index in [1.807, 2.05) is 36.5 Å². The number of imidazole rings is 1. The molecule has 5 heterocycles. The van der Waals surface area contributed by atoms with Crippen LogP contribution in [0, 0.1) is 11.3 Å². The van der Waals surface area contributed by atoms with Crippen molar-refractivity contribution in [3.8, 4) is 28.6 Å². The van der Waals surface area contributed by atoms with Gasteiger partial charge in [-0.3, -0.25) is 14.1 Å². The summed E-state index contributed by atoms with van der Waals surface area (Å²) >= 11 is 0. The molecule has 0 aliphatic carbocycles. The molecule has 208 valence electrons. The Morgan fingerprint density at radius 2 is 1.81 bits per heavy atom. The van der Waals surface area contributed by atoms with Crippen molar-refractivity contribution in [2.45, 2.75) is 31.8 Å². The molecule has 7 rings (SSSR count). The maximum atomic E-state index is 12.6. The lowest BCUT2D eigenvalue weighted by Gasteiger charge is -2.32. The van der Waals surface area contributed by atoms with E-state index < -0.39 is 0 Å². The summed E-state index contributed by atoms with van der Waals surface area (Å²) < 4.78 is 2.06. The molecule has 3 aromatic heterocycles. The molecular formula is C33H30N8O. The molecule has 0 saturated carbocycles. The molecule has 2 aromatic carbocycles. The van der Waals surface area contributed by atoms with Crippen molar-refractivity contribution in [2.75, 3.05) is 25.0 Å². The fraction of sp³-hybridized carbons (Fsp3) is 0.242. The third-order valence-corrected chi connectivity index (χ3v) is 8.15. The number of rotatable bonds is 6. The van der Waals surface area contributed by atoms with E-state index in [4.69, 9.17) is 10.2 Å². The Hall–Kier alpha value is -5.07. The van der Waals surface area contributed by atoms with Crippen LogP contribution < -0.4 is 10.6 Å². The van der Waals surface area contributed by atoms with E-state index in [9.17, 15) is 4.79 Å². The number of likely N-dealkylation sites (tertiary alicyclic amines) is 1. The third kappa shape index (κ3) is 5.08. The van der Waals surface area contributed by atoms with Gasteiger partial charge in [0.2, 0.25) is 5.82 Å². The van der Waals surface area contributed by atoms with Crippen LogP contribution in [0.3, 0.4) is 0 Å². The average Bonchev–Trinajstić information content (AvgIpc) is 3.40. The molecule has 2 aliphatic heterocycles. The number of aromatic nitrogens is 4. The minimum Gasteiger partial charge on any atom is -0.367 e. The normalized spacial score (nSPS) is 15.6. The molecule has 2 N–H and O–H groups in total. The van der Waals surface area contributed by atoms with Gasteiger partial charge in [-0.1, -0.05) is 54.6 Å². The van der Waals surface area contributed by atoms with Gasteiger partial charge in [0.25, 0.3) is 5.91 Å². The number of benzene rings is 2. The van der Waals surface area contributed by atoms with E-state index in [-0.39, 0.29) is 11.7 Å². The number of nitrogens with one attached hydrogen (secondary N) is 2. The van der Waals surface area contributed by atoms with Crippen molar-refractivity contribution < 1.29 is 4.79 Å². The predicted octanol–water partition coefficient (Wildman–Crippen LogP) is 4.69. The summed E-state index contributed by atoms with van der Waals surface area (Å²) in [5, 5.41) is 15.5. The SMILES string of the molecule is N#Cc1nccc(NC2CCN(Cc3ccc(-c4nc5cc6c(cn5c4-c4ccccc4)C(=O)NCC6)cc3)CC2)n1. The standard InChI is InChI=1S/C33H30N8O/c34-19-29-35-15-11-28(38-29)37-26-12-16-40(17-13-26)20-22-6-8-23(9-7-22)31-32(24-4-2-1-3-5-24)41-21-27-25(18-30(41)39-31)10-14-36-33(27)42/h1-9,11,15,18,21,26H,10,12-14,16-17,20H2,(H,36,42)(H,35,37,38). The minimum atomic E-state index is -0.0289. The Morgan fingerprint density at radius 3 is 2.60 bits per heavy atom. The molecule has 9 nitrogen and oxygen atoms in total. The molecule has 0 spiro atoms. The van der Waals surface area contributed by atoms with Crippen LogP contribution in [0.4, 0.5) is 5.82 Å². The molecule has 1 amide bonds. The van der Waals surface area contributed by atoms with Gasteiger partial charge in [0.15, 0.2) is 0 Å². The van der Waals surface area contributed by atoms with Gasteiger partial charge in [-0.05, 0) is 42.5 Å². The molecule has 0 bridgehead atoms. The topological polar surface area (TPSA) is 111 Å². The van der Waals surface area contributed by atoms with Crippen molar-refractivity contribution in [3.63, 3.8) is 0 Å². The van der Waals surface area contributed by atoms with E-state index in [1.165, 1.54) is 5.56 Å². The number of hydrogen-bond donors (Lipinski definition) is 2. The second-order valence-corrected chi connectivity index (χ2v) is 10.9. The van der Waals surface area contributed by atoms with Crippen molar-refractivity contribution >= 4 is 17.4 Å². The Balaban J connectivity index is 1.10. The smallest absolute Gasteiger partial charge is 0.253 e. The van der Waals surface area contributed by atoms with Gasteiger partial charge >= 0.3 is 0 Å². The number of fused-ring (bicyclic) bond motifs is 2.